The van der Waals surface area contributed by atoms with Crippen molar-refractivity contribution in [2.45, 2.75) is 0 Å². The quantitative estimate of drug-likeness (QED) is 0.438. The Hall–Kier alpha value is -3.34. The summed E-state index contributed by atoms with van der Waals surface area (Å²) in [7, 11) is 0. The highest BCUT2D eigenvalue weighted by molar-refractivity contribution is 6.04. The van der Waals surface area contributed by atoms with E-state index < -0.39 is 11.9 Å². The Bertz CT molecular complexity index is 892. The van der Waals surface area contributed by atoms with Crippen molar-refractivity contribution in [1.29, 1.82) is 0 Å². The number of benzene rings is 2. The van der Waals surface area contributed by atoms with Gasteiger partial charge in [-0.25, -0.2) is 9.59 Å². The number of fused-ring (bicyclic) bond motifs is 2. The lowest BCUT2D eigenvalue weighted by Gasteiger charge is -1.99. The maximum atomic E-state index is 12.1. The average Bonchev–Trinajstić information content (AvgIpc) is 3.18. The van der Waals surface area contributed by atoms with Gasteiger partial charge in [0.1, 0.15) is 11.4 Å². The molecule has 5 heteroatoms. The fourth-order valence-corrected chi connectivity index (χ4v) is 2.56. The minimum absolute atomic E-state index is 0.246. The molecule has 0 spiro atoms. The Morgan fingerprint density at radius 3 is 1.57 bits per heavy atom. The molecule has 5 nitrogen and oxygen atoms in total. The van der Waals surface area contributed by atoms with Gasteiger partial charge in [-0.15, -0.1) is 0 Å². The fourth-order valence-electron chi connectivity index (χ4n) is 2.56. The topological polar surface area (TPSA) is 75.0 Å². The van der Waals surface area contributed by atoms with E-state index in [0.717, 1.165) is 21.8 Å². The first-order chi connectivity index (χ1) is 11.2. The molecule has 2 N–H and O–H groups in total. The molecule has 0 radical (unpaired) electrons. The number of hydrogen-bond donors (Lipinski definition) is 2. The van der Waals surface area contributed by atoms with E-state index in [4.69, 9.17) is 4.74 Å². The molecule has 0 aliphatic heterocycles. The summed E-state index contributed by atoms with van der Waals surface area (Å²) in [6, 6.07) is 18.3. The van der Waals surface area contributed by atoms with Crippen molar-refractivity contribution in [1.82, 2.24) is 9.97 Å². The van der Waals surface area contributed by atoms with Crippen molar-refractivity contribution in [2.24, 2.45) is 0 Å². The molecule has 0 saturated carbocycles. The lowest BCUT2D eigenvalue weighted by atomic mass is 10.2. The maximum Gasteiger partial charge on any atom is 0.362 e. The summed E-state index contributed by atoms with van der Waals surface area (Å²) >= 11 is 0. The predicted molar refractivity (Wildman–Crippen MR) is 86.3 cm³/mol. The van der Waals surface area contributed by atoms with Gasteiger partial charge in [-0.2, -0.15) is 0 Å². The Morgan fingerprint density at radius 2 is 1.13 bits per heavy atom. The summed E-state index contributed by atoms with van der Waals surface area (Å²) in [5.41, 5.74) is 2.13. The first-order valence-electron chi connectivity index (χ1n) is 7.13. The van der Waals surface area contributed by atoms with Gasteiger partial charge < -0.3 is 14.7 Å². The zero-order valence-electron chi connectivity index (χ0n) is 12.0. The van der Waals surface area contributed by atoms with Gasteiger partial charge in [-0.1, -0.05) is 36.4 Å². The fraction of sp³-hybridized carbons (Fsp3) is 0. The van der Waals surface area contributed by atoms with E-state index in [1.54, 1.807) is 12.1 Å². The van der Waals surface area contributed by atoms with Gasteiger partial charge in [0.2, 0.25) is 0 Å². The van der Waals surface area contributed by atoms with Crippen LogP contribution in [-0.2, 0) is 4.74 Å². The molecule has 4 aromatic rings. The largest absolute Gasteiger partial charge is 0.384 e. The number of nitrogens with one attached hydrogen (secondary N) is 2. The number of carbonyl (C=O) groups excluding carboxylic acids is 2. The summed E-state index contributed by atoms with van der Waals surface area (Å²) in [6.07, 6.45) is 0. The Labute approximate surface area is 130 Å². The number of aromatic amines is 2. The van der Waals surface area contributed by atoms with Crippen molar-refractivity contribution in [3.63, 3.8) is 0 Å². The highest BCUT2D eigenvalue weighted by Crippen LogP contribution is 2.18. The number of aromatic nitrogens is 2. The van der Waals surface area contributed by atoms with E-state index in [1.165, 1.54) is 0 Å². The number of carbonyl (C=O) groups is 2. The van der Waals surface area contributed by atoms with Crippen LogP contribution in [0.1, 0.15) is 21.0 Å². The van der Waals surface area contributed by atoms with Crippen molar-refractivity contribution in [3.8, 4) is 0 Å². The number of H-pyrrole nitrogens is 2. The molecule has 0 saturated heterocycles. The third kappa shape index (κ3) is 2.38. The number of ether oxygens (including phenoxy) is 1. The standard InChI is InChI=1S/C18H12N2O3/c21-17(15-9-11-5-1-3-7-13(11)19-15)23-18(22)16-10-12-6-2-4-8-14(12)20-16/h1-10,19-20H. The van der Waals surface area contributed by atoms with E-state index >= 15 is 0 Å². The van der Waals surface area contributed by atoms with Gasteiger partial charge in [0, 0.05) is 21.8 Å². The van der Waals surface area contributed by atoms with Gasteiger partial charge in [0.25, 0.3) is 0 Å². The van der Waals surface area contributed by atoms with E-state index in [-0.39, 0.29) is 11.4 Å². The lowest BCUT2D eigenvalue weighted by Crippen LogP contribution is -2.13. The molecular formula is C18H12N2O3. The van der Waals surface area contributed by atoms with Crippen LogP contribution in [0.5, 0.6) is 0 Å². The summed E-state index contributed by atoms with van der Waals surface area (Å²) in [5, 5.41) is 1.77. The van der Waals surface area contributed by atoms with Crippen molar-refractivity contribution in [2.75, 3.05) is 0 Å². The van der Waals surface area contributed by atoms with Gasteiger partial charge >= 0.3 is 11.9 Å². The van der Waals surface area contributed by atoms with Crippen LogP contribution in [0, 0.1) is 0 Å². The predicted octanol–water partition coefficient (Wildman–Crippen LogP) is 3.65. The average molecular weight is 304 g/mol. The highest BCUT2D eigenvalue weighted by Gasteiger charge is 2.18. The number of para-hydroxylation sites is 2. The summed E-state index contributed by atoms with van der Waals surface area (Å²) in [6.45, 7) is 0. The van der Waals surface area contributed by atoms with Crippen LogP contribution in [0.4, 0.5) is 0 Å². The second-order valence-electron chi connectivity index (χ2n) is 5.22. The van der Waals surface area contributed by atoms with Crippen LogP contribution >= 0.6 is 0 Å². The Morgan fingerprint density at radius 1 is 0.696 bits per heavy atom. The van der Waals surface area contributed by atoms with Crippen LogP contribution in [0.2, 0.25) is 0 Å². The normalized spacial score (nSPS) is 11.0. The third-order valence-electron chi connectivity index (χ3n) is 3.69. The molecule has 0 aliphatic rings. The van der Waals surface area contributed by atoms with Crippen LogP contribution in [0.25, 0.3) is 21.8 Å². The SMILES string of the molecule is O=C(OC(=O)c1cc2ccccc2[nH]1)c1cc2ccccc2[nH]1. The zero-order valence-corrected chi connectivity index (χ0v) is 12.0. The maximum absolute atomic E-state index is 12.1. The van der Waals surface area contributed by atoms with E-state index in [9.17, 15) is 9.59 Å². The number of hydrogen-bond acceptors (Lipinski definition) is 3. The van der Waals surface area contributed by atoms with E-state index in [2.05, 4.69) is 9.97 Å². The smallest absolute Gasteiger partial charge is 0.362 e. The molecule has 0 atom stereocenters. The van der Waals surface area contributed by atoms with Crippen molar-refractivity contribution >= 4 is 33.7 Å². The van der Waals surface area contributed by atoms with Crippen molar-refractivity contribution < 1.29 is 14.3 Å². The molecule has 0 unspecified atom stereocenters. The minimum Gasteiger partial charge on any atom is -0.384 e. The van der Waals surface area contributed by atoms with Gasteiger partial charge in [-0.05, 0) is 24.3 Å². The molecule has 2 aromatic heterocycles. The van der Waals surface area contributed by atoms with Gasteiger partial charge in [0.15, 0.2) is 0 Å². The van der Waals surface area contributed by atoms with Gasteiger partial charge in [0.05, 0.1) is 0 Å². The molecular weight excluding hydrogens is 292 g/mol. The molecule has 2 heterocycles. The second-order valence-corrected chi connectivity index (χ2v) is 5.22. The molecule has 4 rings (SSSR count). The number of rotatable bonds is 2. The molecule has 23 heavy (non-hydrogen) atoms. The molecule has 0 fully saturated rings. The molecule has 0 amide bonds. The van der Waals surface area contributed by atoms with E-state index in [0.29, 0.717) is 0 Å². The van der Waals surface area contributed by atoms with Crippen LogP contribution in [-0.4, -0.2) is 21.9 Å². The summed E-state index contributed by atoms with van der Waals surface area (Å²) in [4.78, 5) is 30.1. The van der Waals surface area contributed by atoms with E-state index in [1.807, 2.05) is 48.5 Å². The monoisotopic (exact) mass is 304 g/mol. The van der Waals surface area contributed by atoms with Crippen molar-refractivity contribution in [3.05, 3.63) is 72.1 Å². The molecule has 112 valence electrons. The van der Waals surface area contributed by atoms with Crippen LogP contribution in [0.15, 0.2) is 60.7 Å². The molecule has 2 aromatic carbocycles. The Balaban J connectivity index is 1.58. The van der Waals surface area contributed by atoms with Gasteiger partial charge in [-0.3, -0.25) is 0 Å². The zero-order chi connectivity index (χ0) is 15.8. The summed E-state index contributed by atoms with van der Waals surface area (Å²) in [5.74, 6) is -1.41. The first-order valence-corrected chi connectivity index (χ1v) is 7.13. The molecule has 0 aliphatic carbocycles. The molecule has 0 bridgehead atoms. The number of esters is 2. The second kappa shape index (κ2) is 5.14. The van der Waals surface area contributed by atoms with Crippen LogP contribution < -0.4 is 0 Å². The lowest BCUT2D eigenvalue weighted by molar-refractivity contribution is 0.0390. The first kappa shape index (κ1) is 13.3. The Kier molecular flexibility index (Phi) is 2.98. The summed E-state index contributed by atoms with van der Waals surface area (Å²) < 4.78 is 4.94. The van der Waals surface area contributed by atoms with Crippen LogP contribution in [0.3, 0.4) is 0 Å². The highest BCUT2D eigenvalue weighted by atomic mass is 16.6. The minimum atomic E-state index is -0.704. The third-order valence-corrected chi connectivity index (χ3v) is 3.69.